The standard InChI is InChI=1S/C19H26N4O5S/c1-22(18(24)12-14-4-6-16(27-2)7-5-14)13-17-20-19(21-28-17)15-8-10-23(11-9-15)29(3,25)26/h4-7,15H,8-13H2,1-3H3. The van der Waals surface area contributed by atoms with Crippen molar-refractivity contribution in [3.05, 3.63) is 41.5 Å². The molecule has 0 unspecified atom stereocenters. The summed E-state index contributed by atoms with van der Waals surface area (Å²) >= 11 is 0. The van der Waals surface area contributed by atoms with Gasteiger partial charge >= 0.3 is 0 Å². The monoisotopic (exact) mass is 422 g/mol. The van der Waals surface area contributed by atoms with E-state index in [1.54, 1.807) is 19.1 Å². The summed E-state index contributed by atoms with van der Waals surface area (Å²) in [6, 6.07) is 7.36. The summed E-state index contributed by atoms with van der Waals surface area (Å²) in [6.07, 6.45) is 2.79. The first-order chi connectivity index (χ1) is 13.8. The van der Waals surface area contributed by atoms with Gasteiger partial charge in [0.05, 0.1) is 26.3 Å². The summed E-state index contributed by atoms with van der Waals surface area (Å²) in [5, 5.41) is 4.04. The van der Waals surface area contributed by atoms with E-state index in [2.05, 4.69) is 10.1 Å². The Morgan fingerprint density at radius 1 is 1.28 bits per heavy atom. The van der Waals surface area contributed by atoms with E-state index in [1.165, 1.54) is 10.6 Å². The van der Waals surface area contributed by atoms with Gasteiger partial charge in [-0.2, -0.15) is 4.98 Å². The van der Waals surface area contributed by atoms with Gasteiger partial charge in [-0.15, -0.1) is 0 Å². The van der Waals surface area contributed by atoms with E-state index in [9.17, 15) is 13.2 Å². The highest BCUT2D eigenvalue weighted by molar-refractivity contribution is 7.88. The van der Waals surface area contributed by atoms with Gasteiger partial charge in [0.25, 0.3) is 0 Å². The summed E-state index contributed by atoms with van der Waals surface area (Å²) in [5.41, 5.74) is 0.895. The van der Waals surface area contributed by atoms with Crippen LogP contribution < -0.4 is 4.74 Å². The molecule has 1 aromatic carbocycles. The average Bonchev–Trinajstić information content (AvgIpc) is 3.16. The summed E-state index contributed by atoms with van der Waals surface area (Å²) in [6.45, 7) is 1.13. The van der Waals surface area contributed by atoms with Crippen LogP contribution >= 0.6 is 0 Å². The van der Waals surface area contributed by atoms with Crippen molar-refractivity contribution in [2.24, 2.45) is 0 Å². The van der Waals surface area contributed by atoms with Crippen molar-refractivity contribution in [2.45, 2.75) is 31.7 Å². The molecule has 29 heavy (non-hydrogen) atoms. The molecule has 0 atom stereocenters. The van der Waals surface area contributed by atoms with Gasteiger partial charge in [0.2, 0.25) is 21.8 Å². The molecule has 1 saturated heterocycles. The quantitative estimate of drug-likeness (QED) is 0.664. The van der Waals surface area contributed by atoms with E-state index < -0.39 is 10.0 Å². The Morgan fingerprint density at radius 3 is 2.52 bits per heavy atom. The fourth-order valence-electron chi connectivity index (χ4n) is 3.29. The number of ether oxygens (including phenoxy) is 1. The number of hydrogen-bond donors (Lipinski definition) is 0. The number of aromatic nitrogens is 2. The molecule has 0 spiro atoms. The molecule has 158 valence electrons. The lowest BCUT2D eigenvalue weighted by atomic mass is 9.98. The summed E-state index contributed by atoms with van der Waals surface area (Å²) in [7, 11) is 0.130. The number of carbonyl (C=O) groups excluding carboxylic acids is 1. The van der Waals surface area contributed by atoms with E-state index in [1.807, 2.05) is 24.3 Å². The molecule has 1 aliphatic heterocycles. The zero-order valence-electron chi connectivity index (χ0n) is 16.9. The first-order valence-electron chi connectivity index (χ1n) is 9.40. The zero-order valence-corrected chi connectivity index (χ0v) is 17.7. The van der Waals surface area contributed by atoms with Crippen LogP contribution in [0.2, 0.25) is 0 Å². The zero-order chi connectivity index (χ0) is 21.0. The van der Waals surface area contributed by atoms with Crippen LogP contribution in [0.25, 0.3) is 0 Å². The third-order valence-electron chi connectivity index (χ3n) is 5.08. The van der Waals surface area contributed by atoms with Crippen LogP contribution in [0, 0.1) is 0 Å². The Kier molecular flexibility index (Phi) is 6.53. The van der Waals surface area contributed by atoms with Crippen LogP contribution in [0.4, 0.5) is 0 Å². The molecule has 3 rings (SSSR count). The number of likely N-dealkylation sites (N-methyl/N-ethyl adjacent to an activating group) is 1. The van der Waals surface area contributed by atoms with Crippen LogP contribution in [0.1, 0.15) is 36.0 Å². The van der Waals surface area contributed by atoms with Gasteiger partial charge in [-0.05, 0) is 30.5 Å². The number of carbonyl (C=O) groups is 1. The maximum Gasteiger partial charge on any atom is 0.246 e. The van der Waals surface area contributed by atoms with Gasteiger partial charge in [-0.3, -0.25) is 4.79 Å². The summed E-state index contributed by atoms with van der Waals surface area (Å²) in [5.74, 6) is 1.69. The second kappa shape index (κ2) is 8.91. The maximum atomic E-state index is 12.5. The molecule has 1 aliphatic rings. The van der Waals surface area contributed by atoms with Crippen molar-refractivity contribution in [3.8, 4) is 5.75 Å². The van der Waals surface area contributed by atoms with Gasteiger partial charge < -0.3 is 14.2 Å². The number of rotatable bonds is 7. The molecular formula is C19H26N4O5S. The molecule has 0 N–H and O–H groups in total. The van der Waals surface area contributed by atoms with Crippen molar-refractivity contribution in [3.63, 3.8) is 0 Å². The molecule has 0 aliphatic carbocycles. The summed E-state index contributed by atoms with van der Waals surface area (Å²) in [4.78, 5) is 18.4. The number of piperidine rings is 1. The van der Waals surface area contributed by atoms with Gasteiger partial charge in [0.1, 0.15) is 5.75 Å². The fraction of sp³-hybridized carbons (Fsp3) is 0.526. The predicted molar refractivity (Wildman–Crippen MR) is 106 cm³/mol. The predicted octanol–water partition coefficient (Wildman–Crippen LogP) is 1.42. The maximum absolute atomic E-state index is 12.5. The number of nitrogens with zero attached hydrogens (tertiary/aromatic N) is 4. The lowest BCUT2D eigenvalue weighted by molar-refractivity contribution is -0.130. The Hall–Kier alpha value is -2.46. The van der Waals surface area contributed by atoms with Gasteiger partial charge in [-0.25, -0.2) is 12.7 Å². The van der Waals surface area contributed by atoms with Crippen molar-refractivity contribution in [2.75, 3.05) is 33.5 Å². The molecule has 0 bridgehead atoms. The van der Waals surface area contributed by atoms with Gasteiger partial charge in [-0.1, -0.05) is 17.3 Å². The van der Waals surface area contributed by atoms with Gasteiger partial charge in [0.15, 0.2) is 5.82 Å². The molecule has 2 heterocycles. The average molecular weight is 423 g/mol. The largest absolute Gasteiger partial charge is 0.497 e. The molecule has 9 nitrogen and oxygen atoms in total. The Balaban J connectivity index is 1.53. The highest BCUT2D eigenvalue weighted by atomic mass is 32.2. The molecule has 1 amide bonds. The molecule has 10 heteroatoms. The van der Waals surface area contributed by atoms with E-state index in [-0.39, 0.29) is 24.8 Å². The van der Waals surface area contributed by atoms with Crippen LogP contribution in [0.15, 0.2) is 28.8 Å². The van der Waals surface area contributed by atoms with Crippen molar-refractivity contribution < 1.29 is 22.5 Å². The second-order valence-electron chi connectivity index (χ2n) is 7.26. The van der Waals surface area contributed by atoms with Gasteiger partial charge in [0, 0.05) is 26.1 Å². The molecule has 1 aromatic heterocycles. The SMILES string of the molecule is COc1ccc(CC(=O)N(C)Cc2nc(C3CCN(S(C)(=O)=O)CC3)no2)cc1. The van der Waals surface area contributed by atoms with E-state index in [0.29, 0.717) is 37.6 Å². The molecular weight excluding hydrogens is 396 g/mol. The van der Waals surface area contributed by atoms with Crippen LogP contribution in [-0.2, 0) is 27.8 Å². The number of sulfonamides is 1. The lowest BCUT2D eigenvalue weighted by Crippen LogP contribution is -2.37. The van der Waals surface area contributed by atoms with Crippen molar-refractivity contribution in [1.82, 2.24) is 19.3 Å². The minimum atomic E-state index is -3.16. The van der Waals surface area contributed by atoms with Crippen LogP contribution in [0.5, 0.6) is 5.75 Å². The number of benzene rings is 1. The third-order valence-corrected chi connectivity index (χ3v) is 6.39. The number of hydrogen-bond acceptors (Lipinski definition) is 7. The summed E-state index contributed by atoms with van der Waals surface area (Å²) < 4.78 is 35.1. The molecule has 0 radical (unpaired) electrons. The van der Waals surface area contributed by atoms with Crippen LogP contribution in [0.3, 0.4) is 0 Å². The first-order valence-corrected chi connectivity index (χ1v) is 11.3. The topological polar surface area (TPSA) is 106 Å². The molecule has 1 fully saturated rings. The Labute approximate surface area is 170 Å². The molecule has 0 saturated carbocycles. The minimum absolute atomic E-state index is 0.0589. The smallest absolute Gasteiger partial charge is 0.246 e. The highest BCUT2D eigenvalue weighted by Crippen LogP contribution is 2.27. The Morgan fingerprint density at radius 2 is 1.93 bits per heavy atom. The number of methoxy groups -OCH3 is 1. The fourth-order valence-corrected chi connectivity index (χ4v) is 4.16. The lowest BCUT2D eigenvalue weighted by Gasteiger charge is -2.28. The highest BCUT2D eigenvalue weighted by Gasteiger charge is 2.28. The van der Waals surface area contributed by atoms with Crippen LogP contribution in [-0.4, -0.2) is 67.2 Å². The Bertz CT molecular complexity index is 934. The van der Waals surface area contributed by atoms with E-state index in [4.69, 9.17) is 9.26 Å². The number of amides is 1. The van der Waals surface area contributed by atoms with Crippen molar-refractivity contribution >= 4 is 15.9 Å². The minimum Gasteiger partial charge on any atom is -0.497 e. The molecule has 2 aromatic rings. The second-order valence-corrected chi connectivity index (χ2v) is 9.24. The normalized spacial score (nSPS) is 16.0. The first kappa shape index (κ1) is 21.3. The van der Waals surface area contributed by atoms with E-state index in [0.717, 1.165) is 11.3 Å². The van der Waals surface area contributed by atoms with Crippen molar-refractivity contribution in [1.29, 1.82) is 0 Å². The van der Waals surface area contributed by atoms with E-state index >= 15 is 0 Å². The third kappa shape index (κ3) is 5.54.